The van der Waals surface area contributed by atoms with Gasteiger partial charge in [-0.1, -0.05) is 12.8 Å². The van der Waals surface area contributed by atoms with Crippen molar-refractivity contribution in [3.8, 4) is 5.69 Å². The number of halogens is 2. The van der Waals surface area contributed by atoms with Gasteiger partial charge in [0.05, 0.1) is 11.8 Å². The molecule has 7 nitrogen and oxygen atoms in total. The molecule has 2 fully saturated rings. The van der Waals surface area contributed by atoms with Crippen molar-refractivity contribution in [3.05, 3.63) is 59.9 Å². The molecule has 5 rings (SSSR count). The van der Waals surface area contributed by atoms with E-state index in [2.05, 4.69) is 37.3 Å². The maximum absolute atomic E-state index is 13.5. The standard InChI is InChI=1S/C25H30F2N6O.H2/c1-17-10-20(29-25-28-16-33(30-25)22-13-18(26)12-19(27)14-22)15-21(11-17)31-6-8-32(9-7-31)23-4-2-3-5-24(23)34;/h10-16,23-24,34H,2-9H2,1H3,(H,29,30);1H. The summed E-state index contributed by atoms with van der Waals surface area (Å²) >= 11 is 0. The number of benzene rings is 2. The number of piperazine rings is 1. The van der Waals surface area contributed by atoms with Gasteiger partial charge in [0.2, 0.25) is 5.95 Å². The molecule has 3 aromatic rings. The molecular formula is C25H32F2N6O. The number of hydrogen-bond donors (Lipinski definition) is 2. The molecule has 2 unspecified atom stereocenters. The van der Waals surface area contributed by atoms with E-state index in [1.54, 1.807) is 0 Å². The zero-order chi connectivity index (χ0) is 23.7. The number of aliphatic hydroxyl groups is 1. The number of aromatic nitrogens is 3. The molecule has 1 saturated carbocycles. The molecule has 2 aromatic carbocycles. The minimum atomic E-state index is -0.665. The fourth-order valence-electron chi connectivity index (χ4n) is 5.09. The zero-order valence-corrected chi connectivity index (χ0v) is 19.3. The van der Waals surface area contributed by atoms with Gasteiger partial charge in [-0.3, -0.25) is 4.90 Å². The monoisotopic (exact) mass is 470 g/mol. The predicted octanol–water partition coefficient (Wildman–Crippen LogP) is 4.27. The number of nitrogens with zero attached hydrogens (tertiary/aromatic N) is 5. The summed E-state index contributed by atoms with van der Waals surface area (Å²) in [7, 11) is 0. The zero-order valence-electron chi connectivity index (χ0n) is 19.3. The van der Waals surface area contributed by atoms with Crippen molar-refractivity contribution in [1.82, 2.24) is 19.7 Å². The lowest BCUT2D eigenvalue weighted by atomic mass is 9.91. The number of nitrogens with one attached hydrogen (secondary N) is 1. The smallest absolute Gasteiger partial charge is 0.246 e. The van der Waals surface area contributed by atoms with E-state index in [9.17, 15) is 13.9 Å². The maximum atomic E-state index is 13.5. The first kappa shape index (κ1) is 22.7. The number of rotatable bonds is 5. The Morgan fingerprint density at radius 2 is 1.68 bits per heavy atom. The molecule has 34 heavy (non-hydrogen) atoms. The molecule has 1 saturated heterocycles. The van der Waals surface area contributed by atoms with E-state index in [1.165, 1.54) is 29.6 Å². The third-order valence-electron chi connectivity index (χ3n) is 6.76. The summed E-state index contributed by atoms with van der Waals surface area (Å²) in [5.41, 5.74) is 3.35. The highest BCUT2D eigenvalue weighted by atomic mass is 19.1. The topological polar surface area (TPSA) is 69.5 Å². The minimum Gasteiger partial charge on any atom is -0.391 e. The van der Waals surface area contributed by atoms with Crippen molar-refractivity contribution in [2.75, 3.05) is 36.4 Å². The quantitative estimate of drug-likeness (QED) is 0.581. The van der Waals surface area contributed by atoms with Crippen molar-refractivity contribution in [2.24, 2.45) is 0 Å². The van der Waals surface area contributed by atoms with E-state index in [1.807, 2.05) is 13.0 Å². The normalized spacial score (nSPS) is 21.6. The molecule has 0 spiro atoms. The van der Waals surface area contributed by atoms with Gasteiger partial charge in [-0.15, -0.1) is 5.10 Å². The van der Waals surface area contributed by atoms with Crippen molar-refractivity contribution >= 4 is 17.3 Å². The average molecular weight is 471 g/mol. The highest BCUT2D eigenvalue weighted by Crippen LogP contribution is 2.28. The lowest BCUT2D eigenvalue weighted by Crippen LogP contribution is -2.54. The lowest BCUT2D eigenvalue weighted by Gasteiger charge is -2.43. The van der Waals surface area contributed by atoms with E-state index in [0.29, 0.717) is 12.0 Å². The molecule has 2 N–H and O–H groups in total. The third kappa shape index (κ3) is 5.05. The molecule has 0 bridgehead atoms. The number of hydrogen-bond acceptors (Lipinski definition) is 6. The number of aliphatic hydroxyl groups excluding tert-OH is 1. The summed E-state index contributed by atoms with van der Waals surface area (Å²) < 4.78 is 28.4. The van der Waals surface area contributed by atoms with Crippen LogP contribution < -0.4 is 10.2 Å². The Balaban J connectivity index is 0.00000289. The Kier molecular flexibility index (Phi) is 6.47. The Hall–Kier alpha value is -3.04. The fraction of sp³-hybridized carbons (Fsp3) is 0.440. The molecule has 182 valence electrons. The summed E-state index contributed by atoms with van der Waals surface area (Å²) in [6, 6.07) is 9.78. The first-order valence-corrected chi connectivity index (χ1v) is 11.9. The first-order chi connectivity index (χ1) is 16.4. The van der Waals surface area contributed by atoms with Gasteiger partial charge in [0, 0.05) is 51.1 Å². The molecular weight excluding hydrogens is 438 g/mol. The van der Waals surface area contributed by atoms with Crippen molar-refractivity contribution in [2.45, 2.75) is 44.8 Å². The maximum Gasteiger partial charge on any atom is 0.246 e. The highest BCUT2D eigenvalue weighted by Gasteiger charge is 2.31. The third-order valence-corrected chi connectivity index (χ3v) is 6.76. The van der Waals surface area contributed by atoms with Crippen LogP contribution in [0, 0.1) is 18.6 Å². The second kappa shape index (κ2) is 9.68. The molecule has 1 aliphatic heterocycles. The molecule has 9 heteroatoms. The second-order valence-electron chi connectivity index (χ2n) is 9.26. The predicted molar refractivity (Wildman–Crippen MR) is 130 cm³/mol. The number of aryl methyl sites for hydroxylation is 1. The summed E-state index contributed by atoms with van der Waals surface area (Å²) in [4.78, 5) is 9.05. The summed E-state index contributed by atoms with van der Waals surface area (Å²) in [5, 5.41) is 17.9. The Labute approximate surface area is 199 Å². The SMILES string of the molecule is Cc1cc(Nc2ncn(-c3cc(F)cc(F)c3)n2)cc(N2CCN(C3CCCCC3O)CC2)c1.[HH]. The Morgan fingerprint density at radius 3 is 2.41 bits per heavy atom. The molecule has 1 aliphatic carbocycles. The average Bonchev–Trinajstić information content (AvgIpc) is 3.27. The van der Waals surface area contributed by atoms with Crippen LogP contribution in [0.4, 0.5) is 26.1 Å². The molecule has 1 aromatic heterocycles. The van der Waals surface area contributed by atoms with Gasteiger partial charge in [-0.2, -0.15) is 4.98 Å². The van der Waals surface area contributed by atoms with Gasteiger partial charge in [0.15, 0.2) is 0 Å². The molecule has 2 heterocycles. The van der Waals surface area contributed by atoms with Gasteiger partial charge in [0.1, 0.15) is 18.0 Å². The summed E-state index contributed by atoms with van der Waals surface area (Å²) in [6.07, 6.45) is 5.55. The van der Waals surface area contributed by atoms with E-state index < -0.39 is 11.6 Å². The number of anilines is 3. The van der Waals surface area contributed by atoms with Crippen LogP contribution in [0.3, 0.4) is 0 Å². The minimum absolute atomic E-state index is 0. The largest absolute Gasteiger partial charge is 0.391 e. The summed E-state index contributed by atoms with van der Waals surface area (Å²) in [6.45, 7) is 5.74. The molecule has 2 atom stereocenters. The van der Waals surface area contributed by atoms with Crippen LogP contribution in [0.2, 0.25) is 0 Å². The highest BCUT2D eigenvalue weighted by molar-refractivity contribution is 5.64. The van der Waals surface area contributed by atoms with E-state index >= 15 is 0 Å². The molecule has 0 radical (unpaired) electrons. The van der Waals surface area contributed by atoms with E-state index in [4.69, 9.17) is 0 Å². The van der Waals surface area contributed by atoms with Crippen molar-refractivity contribution in [3.63, 3.8) is 0 Å². The second-order valence-corrected chi connectivity index (χ2v) is 9.26. The van der Waals surface area contributed by atoms with Crippen LogP contribution in [0.1, 0.15) is 32.7 Å². The van der Waals surface area contributed by atoms with Gasteiger partial charge in [-0.05, 0) is 55.7 Å². The fourth-order valence-corrected chi connectivity index (χ4v) is 5.09. The van der Waals surface area contributed by atoms with Crippen LogP contribution in [0.15, 0.2) is 42.7 Å². The van der Waals surface area contributed by atoms with Crippen molar-refractivity contribution in [1.29, 1.82) is 0 Å². The van der Waals surface area contributed by atoms with E-state index in [-0.39, 0.29) is 13.2 Å². The van der Waals surface area contributed by atoms with Crippen LogP contribution in [0.5, 0.6) is 0 Å². The van der Waals surface area contributed by atoms with Crippen LogP contribution >= 0.6 is 0 Å². The Bertz CT molecular complexity index is 1130. The molecule has 0 amide bonds. The van der Waals surface area contributed by atoms with Crippen molar-refractivity contribution < 1.29 is 15.3 Å². The van der Waals surface area contributed by atoms with E-state index in [0.717, 1.165) is 68.4 Å². The van der Waals surface area contributed by atoms with Crippen LogP contribution in [-0.4, -0.2) is 63.1 Å². The molecule has 2 aliphatic rings. The van der Waals surface area contributed by atoms with Gasteiger partial charge in [0.25, 0.3) is 0 Å². The lowest BCUT2D eigenvalue weighted by molar-refractivity contribution is 0.0173. The van der Waals surface area contributed by atoms with Gasteiger partial charge in [-0.25, -0.2) is 13.5 Å². The first-order valence-electron chi connectivity index (χ1n) is 11.9. The summed E-state index contributed by atoms with van der Waals surface area (Å²) in [5.74, 6) is -0.986. The van der Waals surface area contributed by atoms with Crippen LogP contribution in [0.25, 0.3) is 5.69 Å². The van der Waals surface area contributed by atoms with Gasteiger partial charge >= 0.3 is 0 Å². The van der Waals surface area contributed by atoms with Gasteiger partial charge < -0.3 is 15.3 Å². The Morgan fingerprint density at radius 1 is 0.941 bits per heavy atom. The van der Waals surface area contributed by atoms with Crippen LogP contribution in [-0.2, 0) is 0 Å².